The average molecular weight is 114 g/mol. The van der Waals surface area contributed by atoms with E-state index in [-0.39, 0.29) is 12.6 Å². The van der Waals surface area contributed by atoms with Crippen LogP contribution in [0.4, 0.5) is 0 Å². The standard InChI is InChI=1S/C5H10N2O/c1-4-5(2-8)7-3-6-4/h3-5,8H,2H2,1H3,(H,6,7)/t4-,5+/m1/s1. The van der Waals surface area contributed by atoms with Crippen LogP contribution in [-0.4, -0.2) is 30.1 Å². The van der Waals surface area contributed by atoms with Crippen molar-refractivity contribution in [3.8, 4) is 0 Å². The molecule has 0 fully saturated rings. The first kappa shape index (κ1) is 5.56. The number of aliphatic hydroxyl groups excluding tert-OH is 1. The first-order valence-corrected chi connectivity index (χ1v) is 2.73. The lowest BCUT2D eigenvalue weighted by Crippen LogP contribution is -2.30. The van der Waals surface area contributed by atoms with Crippen molar-refractivity contribution >= 4 is 6.34 Å². The highest BCUT2D eigenvalue weighted by atomic mass is 16.3. The molecule has 46 valence electrons. The zero-order valence-corrected chi connectivity index (χ0v) is 4.83. The van der Waals surface area contributed by atoms with Crippen LogP contribution in [-0.2, 0) is 0 Å². The second-order valence-electron chi connectivity index (χ2n) is 1.98. The van der Waals surface area contributed by atoms with E-state index in [2.05, 4.69) is 10.3 Å². The second kappa shape index (κ2) is 2.13. The normalized spacial score (nSPS) is 35.2. The van der Waals surface area contributed by atoms with Crippen LogP contribution < -0.4 is 5.32 Å². The number of aliphatic imine (C=N–C) groups is 1. The fraction of sp³-hybridized carbons (Fsp3) is 0.800. The maximum absolute atomic E-state index is 8.58. The van der Waals surface area contributed by atoms with Crippen LogP contribution in [0.3, 0.4) is 0 Å². The third kappa shape index (κ3) is 0.816. The lowest BCUT2D eigenvalue weighted by Gasteiger charge is -2.08. The van der Waals surface area contributed by atoms with Gasteiger partial charge < -0.3 is 10.4 Å². The van der Waals surface area contributed by atoms with Crippen LogP contribution in [0, 0.1) is 0 Å². The minimum Gasteiger partial charge on any atom is -0.394 e. The van der Waals surface area contributed by atoms with Gasteiger partial charge in [-0.25, -0.2) is 0 Å². The van der Waals surface area contributed by atoms with E-state index < -0.39 is 0 Å². The lowest BCUT2D eigenvalue weighted by molar-refractivity contribution is 0.256. The molecule has 3 heteroatoms. The maximum Gasteiger partial charge on any atom is 0.0945 e. The second-order valence-corrected chi connectivity index (χ2v) is 1.98. The first-order chi connectivity index (χ1) is 3.84. The van der Waals surface area contributed by atoms with E-state index in [9.17, 15) is 0 Å². The fourth-order valence-electron chi connectivity index (χ4n) is 0.702. The summed E-state index contributed by atoms with van der Waals surface area (Å²) in [6.07, 6.45) is 1.64. The minimum absolute atomic E-state index is 0.0787. The van der Waals surface area contributed by atoms with Crippen LogP contribution in [0.5, 0.6) is 0 Å². The number of aliphatic hydroxyl groups is 1. The predicted octanol–water partition coefficient (Wildman–Crippen LogP) is -0.633. The van der Waals surface area contributed by atoms with Crippen molar-refractivity contribution in [3.63, 3.8) is 0 Å². The van der Waals surface area contributed by atoms with Crippen molar-refractivity contribution in [2.24, 2.45) is 4.99 Å². The zero-order chi connectivity index (χ0) is 5.98. The van der Waals surface area contributed by atoms with E-state index in [1.165, 1.54) is 0 Å². The highest BCUT2D eigenvalue weighted by molar-refractivity contribution is 5.58. The number of hydrogen-bond acceptors (Lipinski definition) is 3. The molecule has 0 unspecified atom stereocenters. The molecule has 0 saturated carbocycles. The number of rotatable bonds is 1. The van der Waals surface area contributed by atoms with Gasteiger partial charge in [0.25, 0.3) is 0 Å². The summed E-state index contributed by atoms with van der Waals surface area (Å²) in [7, 11) is 0. The molecule has 0 aromatic heterocycles. The molecule has 3 nitrogen and oxygen atoms in total. The molecule has 0 bridgehead atoms. The van der Waals surface area contributed by atoms with Gasteiger partial charge in [0.05, 0.1) is 19.0 Å². The molecule has 0 amide bonds. The summed E-state index contributed by atoms with van der Waals surface area (Å²) in [6.45, 7) is 2.14. The molecule has 2 atom stereocenters. The molecule has 0 spiro atoms. The van der Waals surface area contributed by atoms with Gasteiger partial charge >= 0.3 is 0 Å². The largest absolute Gasteiger partial charge is 0.394 e. The summed E-state index contributed by atoms with van der Waals surface area (Å²) in [5, 5.41) is 11.6. The average Bonchev–Trinajstić information content (AvgIpc) is 2.14. The van der Waals surface area contributed by atoms with Gasteiger partial charge in [0.2, 0.25) is 0 Å². The van der Waals surface area contributed by atoms with Crippen molar-refractivity contribution in [1.82, 2.24) is 5.32 Å². The monoisotopic (exact) mass is 114 g/mol. The SMILES string of the molecule is C[C@H]1NC=N[C@H]1CO. The van der Waals surface area contributed by atoms with E-state index in [4.69, 9.17) is 5.11 Å². The highest BCUT2D eigenvalue weighted by Crippen LogP contribution is 2.00. The number of nitrogens with zero attached hydrogens (tertiary/aromatic N) is 1. The third-order valence-corrected chi connectivity index (χ3v) is 1.37. The van der Waals surface area contributed by atoms with E-state index in [1.54, 1.807) is 6.34 Å². The smallest absolute Gasteiger partial charge is 0.0945 e. The van der Waals surface area contributed by atoms with Gasteiger partial charge in [0.15, 0.2) is 0 Å². The Morgan fingerprint density at radius 3 is 2.88 bits per heavy atom. The van der Waals surface area contributed by atoms with Crippen LogP contribution >= 0.6 is 0 Å². The quantitative estimate of drug-likeness (QED) is 0.476. The van der Waals surface area contributed by atoms with Crippen molar-refractivity contribution < 1.29 is 5.11 Å². The molecular weight excluding hydrogens is 104 g/mol. The first-order valence-electron chi connectivity index (χ1n) is 2.73. The summed E-state index contributed by atoms with van der Waals surface area (Å²) in [5.41, 5.74) is 0. The van der Waals surface area contributed by atoms with Crippen molar-refractivity contribution in [2.45, 2.75) is 19.0 Å². The van der Waals surface area contributed by atoms with Crippen molar-refractivity contribution in [3.05, 3.63) is 0 Å². The Morgan fingerprint density at radius 1 is 1.88 bits per heavy atom. The topological polar surface area (TPSA) is 44.6 Å². The fourth-order valence-corrected chi connectivity index (χ4v) is 0.702. The highest BCUT2D eigenvalue weighted by Gasteiger charge is 2.16. The van der Waals surface area contributed by atoms with Gasteiger partial charge in [0.1, 0.15) is 0 Å². The molecule has 8 heavy (non-hydrogen) atoms. The molecule has 1 rings (SSSR count). The third-order valence-electron chi connectivity index (χ3n) is 1.37. The van der Waals surface area contributed by atoms with Crippen LogP contribution in [0.2, 0.25) is 0 Å². The Labute approximate surface area is 48.4 Å². The van der Waals surface area contributed by atoms with E-state index in [0.717, 1.165) is 0 Å². The van der Waals surface area contributed by atoms with Crippen LogP contribution in [0.25, 0.3) is 0 Å². The summed E-state index contributed by atoms with van der Waals surface area (Å²) in [6, 6.07) is 0.384. The molecule has 0 radical (unpaired) electrons. The van der Waals surface area contributed by atoms with Gasteiger partial charge in [-0.3, -0.25) is 4.99 Å². The molecule has 1 heterocycles. The Bertz CT molecular complexity index is 103. The molecule has 2 N–H and O–H groups in total. The Kier molecular flexibility index (Phi) is 1.48. The summed E-state index contributed by atoms with van der Waals surface area (Å²) >= 11 is 0. The predicted molar refractivity (Wildman–Crippen MR) is 32.0 cm³/mol. The van der Waals surface area contributed by atoms with Gasteiger partial charge in [-0.1, -0.05) is 0 Å². The van der Waals surface area contributed by atoms with Gasteiger partial charge in [0, 0.05) is 6.04 Å². The maximum atomic E-state index is 8.58. The van der Waals surface area contributed by atoms with E-state index in [1.807, 2.05) is 6.92 Å². The number of hydrogen-bond donors (Lipinski definition) is 2. The summed E-state index contributed by atoms with van der Waals surface area (Å²) in [5.74, 6) is 0. The zero-order valence-electron chi connectivity index (χ0n) is 4.83. The van der Waals surface area contributed by atoms with Crippen molar-refractivity contribution in [2.75, 3.05) is 6.61 Å². The van der Waals surface area contributed by atoms with Crippen molar-refractivity contribution in [1.29, 1.82) is 0 Å². The Morgan fingerprint density at radius 2 is 2.62 bits per heavy atom. The van der Waals surface area contributed by atoms with Gasteiger partial charge in [-0.05, 0) is 6.92 Å². The number of nitrogens with one attached hydrogen (secondary N) is 1. The molecule has 0 aromatic carbocycles. The summed E-state index contributed by atoms with van der Waals surface area (Å²) in [4.78, 5) is 3.95. The minimum atomic E-state index is 0.0787. The molecule has 0 aromatic rings. The van der Waals surface area contributed by atoms with Crippen LogP contribution in [0.15, 0.2) is 4.99 Å². The van der Waals surface area contributed by atoms with Crippen LogP contribution in [0.1, 0.15) is 6.92 Å². The Balaban J connectivity index is 2.41. The van der Waals surface area contributed by atoms with E-state index in [0.29, 0.717) is 6.04 Å². The molecule has 1 aliphatic heterocycles. The summed E-state index contributed by atoms with van der Waals surface area (Å²) < 4.78 is 0. The van der Waals surface area contributed by atoms with Gasteiger partial charge in [-0.2, -0.15) is 0 Å². The molecule has 0 aliphatic carbocycles. The van der Waals surface area contributed by atoms with Gasteiger partial charge in [-0.15, -0.1) is 0 Å². The molecule has 1 aliphatic rings. The Hall–Kier alpha value is -0.570. The van der Waals surface area contributed by atoms with E-state index >= 15 is 0 Å². The molecule has 0 saturated heterocycles. The molecular formula is C5H10N2O. The lowest BCUT2D eigenvalue weighted by atomic mass is 10.2.